The lowest BCUT2D eigenvalue weighted by Crippen LogP contribution is -2.22. The molecule has 5 nitrogen and oxygen atoms in total. The Morgan fingerprint density at radius 3 is 2.54 bits per heavy atom. The third-order valence-electron chi connectivity index (χ3n) is 4.39. The topological polar surface area (TPSA) is 87.5 Å². The molecule has 0 saturated heterocycles. The van der Waals surface area contributed by atoms with E-state index in [2.05, 4.69) is 4.98 Å². The van der Waals surface area contributed by atoms with Crippen molar-refractivity contribution < 1.29 is 19.8 Å². The van der Waals surface area contributed by atoms with Crippen molar-refractivity contribution >= 4 is 22.3 Å². The maximum absolute atomic E-state index is 12.9. The maximum atomic E-state index is 12.9. The highest BCUT2D eigenvalue weighted by Crippen LogP contribution is 2.38. The van der Waals surface area contributed by atoms with Crippen molar-refractivity contribution in [2.45, 2.75) is 13.3 Å². The molecule has 0 aliphatic heterocycles. The minimum absolute atomic E-state index is 0.0356. The molecule has 1 heterocycles. The number of carbonyl (C=O) groups is 2. The minimum atomic E-state index is -0.515. The smallest absolute Gasteiger partial charge is 0.216 e. The van der Waals surface area contributed by atoms with Crippen LogP contribution in [0.15, 0.2) is 36.5 Å². The molecular weight excluding hydrogens is 306 g/mol. The summed E-state index contributed by atoms with van der Waals surface area (Å²) in [4.78, 5) is 29.8. The van der Waals surface area contributed by atoms with E-state index in [0.29, 0.717) is 10.8 Å². The largest absolute Gasteiger partial charge is 0.507 e. The number of carbonyl (C=O) groups excluding carboxylic acids is 2. The van der Waals surface area contributed by atoms with Gasteiger partial charge in [0.2, 0.25) is 5.78 Å². The summed E-state index contributed by atoms with van der Waals surface area (Å²) in [6.07, 6.45) is 2.20. The molecule has 1 aliphatic rings. The zero-order chi connectivity index (χ0) is 17.0. The summed E-state index contributed by atoms with van der Waals surface area (Å²) >= 11 is 0. The maximum Gasteiger partial charge on any atom is 0.216 e. The van der Waals surface area contributed by atoms with Gasteiger partial charge in [-0.05, 0) is 30.2 Å². The second kappa shape index (κ2) is 4.89. The normalized spacial score (nSPS) is 13.0. The summed E-state index contributed by atoms with van der Waals surface area (Å²) < 4.78 is 0. The first kappa shape index (κ1) is 14.4. The van der Waals surface area contributed by atoms with Crippen molar-refractivity contribution in [3.8, 4) is 11.5 Å². The molecule has 5 heteroatoms. The number of nitrogens with zero attached hydrogens (tertiary/aromatic N) is 1. The zero-order valence-corrected chi connectivity index (χ0v) is 12.8. The van der Waals surface area contributed by atoms with E-state index in [-0.39, 0.29) is 33.9 Å². The van der Waals surface area contributed by atoms with E-state index in [0.717, 1.165) is 12.0 Å². The third-order valence-corrected chi connectivity index (χ3v) is 4.39. The van der Waals surface area contributed by atoms with Gasteiger partial charge < -0.3 is 10.2 Å². The van der Waals surface area contributed by atoms with E-state index >= 15 is 0 Å². The molecule has 3 aromatic rings. The molecule has 118 valence electrons. The Morgan fingerprint density at radius 2 is 1.79 bits per heavy atom. The van der Waals surface area contributed by atoms with Crippen LogP contribution in [0.4, 0.5) is 0 Å². The number of hydrogen-bond acceptors (Lipinski definition) is 5. The monoisotopic (exact) mass is 319 g/mol. The number of ketones is 2. The first-order valence-corrected chi connectivity index (χ1v) is 7.59. The van der Waals surface area contributed by atoms with Crippen LogP contribution in [-0.4, -0.2) is 26.8 Å². The van der Waals surface area contributed by atoms with Gasteiger partial charge in [-0.3, -0.25) is 14.6 Å². The molecule has 4 rings (SSSR count). The van der Waals surface area contributed by atoms with Crippen molar-refractivity contribution in [3.05, 3.63) is 64.5 Å². The Kier molecular flexibility index (Phi) is 2.93. The first-order chi connectivity index (χ1) is 11.5. The molecule has 2 N–H and O–H groups in total. The van der Waals surface area contributed by atoms with Gasteiger partial charge in [0.15, 0.2) is 5.78 Å². The number of aromatic nitrogens is 1. The van der Waals surface area contributed by atoms with Gasteiger partial charge in [0, 0.05) is 22.5 Å². The second-order valence-corrected chi connectivity index (χ2v) is 5.77. The van der Waals surface area contributed by atoms with Crippen molar-refractivity contribution in [3.63, 3.8) is 0 Å². The Morgan fingerprint density at radius 1 is 1.00 bits per heavy atom. The fourth-order valence-corrected chi connectivity index (χ4v) is 3.22. The molecule has 1 aromatic heterocycles. The average molecular weight is 319 g/mol. The number of phenolic OH excluding ortho intramolecular Hbond substituents is 2. The van der Waals surface area contributed by atoms with E-state index in [1.54, 1.807) is 6.07 Å². The Hall–Kier alpha value is -3.21. The van der Waals surface area contributed by atoms with Gasteiger partial charge in [-0.2, -0.15) is 0 Å². The number of fused-ring (bicyclic) bond motifs is 4. The van der Waals surface area contributed by atoms with E-state index in [1.165, 1.54) is 24.4 Å². The molecule has 0 bridgehead atoms. The van der Waals surface area contributed by atoms with E-state index in [4.69, 9.17) is 0 Å². The van der Waals surface area contributed by atoms with E-state index < -0.39 is 11.6 Å². The number of phenols is 2. The van der Waals surface area contributed by atoms with Gasteiger partial charge in [0.05, 0.1) is 11.1 Å². The highest BCUT2D eigenvalue weighted by Gasteiger charge is 2.35. The SMILES string of the molecule is CCc1cc(O)c2c3c(ncc2c1)C(=O)c1c(O)cccc1C3=O. The average Bonchev–Trinajstić information content (AvgIpc) is 2.58. The molecule has 0 unspecified atom stereocenters. The highest BCUT2D eigenvalue weighted by molar-refractivity contribution is 6.32. The second-order valence-electron chi connectivity index (χ2n) is 5.77. The lowest BCUT2D eigenvalue weighted by atomic mass is 9.84. The fourth-order valence-electron chi connectivity index (χ4n) is 3.22. The van der Waals surface area contributed by atoms with Crippen LogP contribution in [0.1, 0.15) is 44.5 Å². The number of hydrogen-bond donors (Lipinski definition) is 2. The quantitative estimate of drug-likeness (QED) is 0.563. The summed E-state index contributed by atoms with van der Waals surface area (Å²) in [5, 5.41) is 21.3. The Bertz CT molecular complexity index is 1050. The molecule has 2 aromatic carbocycles. The molecule has 0 amide bonds. The van der Waals surface area contributed by atoms with Gasteiger partial charge in [-0.25, -0.2) is 0 Å². The Balaban J connectivity index is 2.11. The molecule has 0 radical (unpaired) electrons. The van der Waals surface area contributed by atoms with Crippen molar-refractivity contribution in [2.24, 2.45) is 0 Å². The molecule has 0 spiro atoms. The van der Waals surface area contributed by atoms with Gasteiger partial charge in [0.1, 0.15) is 17.2 Å². The summed E-state index contributed by atoms with van der Waals surface area (Å²) in [6.45, 7) is 1.96. The highest BCUT2D eigenvalue weighted by atomic mass is 16.3. The van der Waals surface area contributed by atoms with Crippen LogP contribution in [0.2, 0.25) is 0 Å². The zero-order valence-electron chi connectivity index (χ0n) is 12.8. The number of rotatable bonds is 1. The summed E-state index contributed by atoms with van der Waals surface area (Å²) in [7, 11) is 0. The number of aryl methyl sites for hydroxylation is 1. The van der Waals surface area contributed by atoms with E-state index in [1.807, 2.05) is 13.0 Å². The molecule has 24 heavy (non-hydrogen) atoms. The molecular formula is C19H13NO4. The van der Waals surface area contributed by atoms with Gasteiger partial charge in [0.25, 0.3) is 0 Å². The lowest BCUT2D eigenvalue weighted by molar-refractivity contribution is 0.0974. The van der Waals surface area contributed by atoms with Crippen molar-refractivity contribution in [1.82, 2.24) is 4.98 Å². The van der Waals surface area contributed by atoms with Gasteiger partial charge >= 0.3 is 0 Å². The van der Waals surface area contributed by atoms with Crippen molar-refractivity contribution in [1.29, 1.82) is 0 Å². The number of benzene rings is 2. The molecule has 0 saturated carbocycles. The van der Waals surface area contributed by atoms with E-state index in [9.17, 15) is 19.8 Å². The standard InChI is InChI=1S/C19H13NO4/c1-2-9-6-10-8-20-17-16(14(10)13(22)7-9)18(23)11-4-3-5-12(21)15(11)19(17)24/h3-8,21-22H,2H2,1H3. The molecule has 0 atom stereocenters. The predicted molar refractivity (Wildman–Crippen MR) is 87.8 cm³/mol. The predicted octanol–water partition coefficient (Wildman–Crippen LogP) is 2.98. The van der Waals surface area contributed by atoms with Gasteiger partial charge in [-0.15, -0.1) is 0 Å². The third kappa shape index (κ3) is 1.78. The Labute approximate surface area is 137 Å². The summed E-state index contributed by atoms with van der Waals surface area (Å²) in [5.41, 5.74) is 1.05. The fraction of sp³-hybridized carbons (Fsp3) is 0.105. The van der Waals surface area contributed by atoms with Crippen LogP contribution in [0.25, 0.3) is 10.8 Å². The van der Waals surface area contributed by atoms with Crippen molar-refractivity contribution in [2.75, 3.05) is 0 Å². The lowest BCUT2D eigenvalue weighted by Gasteiger charge is -2.19. The van der Waals surface area contributed by atoms with Crippen LogP contribution in [-0.2, 0) is 6.42 Å². The van der Waals surface area contributed by atoms with Gasteiger partial charge in [-0.1, -0.05) is 19.1 Å². The summed E-state index contributed by atoms with van der Waals surface area (Å²) in [6, 6.07) is 7.81. The van der Waals surface area contributed by atoms with Crippen LogP contribution >= 0.6 is 0 Å². The molecule has 0 fully saturated rings. The van der Waals surface area contributed by atoms with Crippen LogP contribution in [0.3, 0.4) is 0 Å². The van der Waals surface area contributed by atoms with Crippen LogP contribution < -0.4 is 0 Å². The molecule has 1 aliphatic carbocycles. The summed E-state index contributed by atoms with van der Waals surface area (Å²) in [5.74, 6) is -1.23. The number of pyridine rings is 1. The van der Waals surface area contributed by atoms with Crippen LogP contribution in [0.5, 0.6) is 11.5 Å². The van der Waals surface area contributed by atoms with Crippen LogP contribution in [0, 0.1) is 0 Å². The first-order valence-electron chi connectivity index (χ1n) is 7.59. The number of aromatic hydroxyl groups is 2. The minimum Gasteiger partial charge on any atom is -0.507 e.